The predicted molar refractivity (Wildman–Crippen MR) is 102 cm³/mol. The molecule has 6 heteroatoms. The van der Waals surface area contributed by atoms with Gasteiger partial charge in [0.2, 0.25) is 0 Å². The maximum absolute atomic E-state index is 14.3. The minimum absolute atomic E-state index is 0.287. The third-order valence-corrected chi connectivity index (χ3v) is 4.06. The number of aliphatic imine (C=N–C) groups is 1. The lowest BCUT2D eigenvalue weighted by atomic mass is 10.1. The Bertz CT molecular complexity index is 870. The number of nitrogens with zero attached hydrogens (tertiary/aromatic N) is 3. The molecule has 26 heavy (non-hydrogen) atoms. The van der Waals surface area contributed by atoms with E-state index in [1.807, 2.05) is 6.07 Å². The quantitative estimate of drug-likeness (QED) is 0.548. The molecule has 0 saturated carbocycles. The third kappa shape index (κ3) is 4.47. The van der Waals surface area contributed by atoms with Gasteiger partial charge < -0.3 is 15.2 Å². The number of rotatable bonds is 5. The van der Waals surface area contributed by atoms with Gasteiger partial charge in [0.25, 0.3) is 0 Å². The van der Waals surface area contributed by atoms with E-state index < -0.39 is 0 Å². The molecule has 3 rings (SSSR count). The molecule has 2 N–H and O–H groups in total. The van der Waals surface area contributed by atoms with Crippen molar-refractivity contribution in [3.8, 4) is 5.69 Å². The monoisotopic (exact) mass is 351 g/mol. The maximum atomic E-state index is 14.3. The largest absolute Gasteiger partial charge is 0.352 e. The topological polar surface area (TPSA) is 54.2 Å². The molecule has 2 aromatic carbocycles. The molecule has 0 radical (unpaired) electrons. The number of aryl methyl sites for hydroxylation is 1. The zero-order valence-corrected chi connectivity index (χ0v) is 14.9. The molecular formula is C20H22FN5. The van der Waals surface area contributed by atoms with Crippen LogP contribution in [0.3, 0.4) is 0 Å². The van der Waals surface area contributed by atoms with E-state index in [0.717, 1.165) is 5.56 Å². The lowest BCUT2D eigenvalue weighted by molar-refractivity contribution is 0.615. The first kappa shape index (κ1) is 17.7. The van der Waals surface area contributed by atoms with E-state index in [-0.39, 0.29) is 5.82 Å². The minimum atomic E-state index is -0.287. The highest BCUT2D eigenvalue weighted by atomic mass is 19.1. The summed E-state index contributed by atoms with van der Waals surface area (Å²) < 4.78 is 15.9. The summed E-state index contributed by atoms with van der Waals surface area (Å²) in [5, 5.41) is 6.46. The van der Waals surface area contributed by atoms with Crippen molar-refractivity contribution in [2.45, 2.75) is 20.0 Å². The lowest BCUT2D eigenvalue weighted by Crippen LogP contribution is -2.36. The summed E-state index contributed by atoms with van der Waals surface area (Å²) in [6.07, 6.45) is 4.92. The molecule has 1 aromatic heterocycles. The van der Waals surface area contributed by atoms with Gasteiger partial charge in [-0.3, -0.25) is 4.99 Å². The fourth-order valence-corrected chi connectivity index (χ4v) is 2.57. The second-order valence-corrected chi connectivity index (χ2v) is 6.02. The van der Waals surface area contributed by atoms with E-state index in [2.05, 4.69) is 51.8 Å². The first-order valence-electron chi connectivity index (χ1n) is 8.42. The van der Waals surface area contributed by atoms with E-state index in [1.54, 1.807) is 36.4 Å². The van der Waals surface area contributed by atoms with Crippen molar-refractivity contribution in [3.63, 3.8) is 0 Å². The standard InChI is InChI=1S/C20H22FN5/c1-15-3-5-16(6-4-15)12-24-20(22-2)25-13-17-7-8-19(18(21)11-17)26-10-9-23-14-26/h3-11,14H,12-13H2,1-2H3,(H2,22,24,25). The van der Waals surface area contributed by atoms with Crippen LogP contribution in [0.15, 0.2) is 66.2 Å². The zero-order valence-electron chi connectivity index (χ0n) is 14.9. The van der Waals surface area contributed by atoms with Crippen LogP contribution in [0.25, 0.3) is 5.69 Å². The van der Waals surface area contributed by atoms with Gasteiger partial charge >= 0.3 is 0 Å². The summed E-state index contributed by atoms with van der Waals surface area (Å²) in [6.45, 7) is 3.22. The molecule has 0 saturated heterocycles. The molecule has 0 unspecified atom stereocenters. The van der Waals surface area contributed by atoms with Crippen LogP contribution in [0.5, 0.6) is 0 Å². The Hall–Kier alpha value is -3.15. The van der Waals surface area contributed by atoms with Crippen molar-refractivity contribution in [1.29, 1.82) is 0 Å². The number of halogens is 1. The number of hydrogen-bond acceptors (Lipinski definition) is 2. The average molecular weight is 351 g/mol. The molecule has 0 aliphatic heterocycles. The van der Waals surface area contributed by atoms with Crippen LogP contribution in [-0.4, -0.2) is 22.6 Å². The number of hydrogen-bond donors (Lipinski definition) is 2. The molecule has 5 nitrogen and oxygen atoms in total. The summed E-state index contributed by atoms with van der Waals surface area (Å²) in [7, 11) is 1.72. The highest BCUT2D eigenvalue weighted by molar-refractivity contribution is 5.79. The van der Waals surface area contributed by atoms with Crippen LogP contribution in [0, 0.1) is 12.7 Å². The predicted octanol–water partition coefficient (Wildman–Crippen LogP) is 3.19. The lowest BCUT2D eigenvalue weighted by Gasteiger charge is -2.13. The van der Waals surface area contributed by atoms with Crippen molar-refractivity contribution >= 4 is 5.96 Å². The summed E-state index contributed by atoms with van der Waals surface area (Å²) in [5.41, 5.74) is 3.73. The highest BCUT2D eigenvalue weighted by Gasteiger charge is 2.06. The van der Waals surface area contributed by atoms with Gasteiger partial charge in [-0.25, -0.2) is 9.37 Å². The van der Waals surface area contributed by atoms with E-state index >= 15 is 0 Å². The third-order valence-electron chi connectivity index (χ3n) is 4.06. The van der Waals surface area contributed by atoms with Crippen LogP contribution in [0.4, 0.5) is 4.39 Å². The molecule has 0 spiro atoms. The molecule has 0 fully saturated rings. The van der Waals surface area contributed by atoms with Gasteiger partial charge in [-0.2, -0.15) is 0 Å². The van der Waals surface area contributed by atoms with E-state index in [1.165, 1.54) is 17.2 Å². The molecule has 1 heterocycles. The van der Waals surface area contributed by atoms with Gasteiger partial charge in [0.05, 0.1) is 12.0 Å². The summed E-state index contributed by atoms with van der Waals surface area (Å²) in [5.74, 6) is 0.384. The average Bonchev–Trinajstić information content (AvgIpc) is 3.18. The van der Waals surface area contributed by atoms with Crippen molar-refractivity contribution in [2.75, 3.05) is 7.05 Å². The molecule has 0 bridgehead atoms. The van der Waals surface area contributed by atoms with Crippen molar-refractivity contribution < 1.29 is 4.39 Å². The van der Waals surface area contributed by atoms with Crippen molar-refractivity contribution in [2.24, 2.45) is 4.99 Å². The Morgan fingerprint density at radius 2 is 1.77 bits per heavy atom. The summed E-state index contributed by atoms with van der Waals surface area (Å²) in [4.78, 5) is 8.15. The smallest absolute Gasteiger partial charge is 0.191 e. The second kappa shape index (κ2) is 8.29. The maximum Gasteiger partial charge on any atom is 0.191 e. The number of imidazole rings is 1. The van der Waals surface area contributed by atoms with Gasteiger partial charge in [-0.1, -0.05) is 35.9 Å². The summed E-state index contributed by atoms with van der Waals surface area (Å²) in [6, 6.07) is 13.5. The second-order valence-electron chi connectivity index (χ2n) is 6.02. The number of nitrogens with one attached hydrogen (secondary N) is 2. The fourth-order valence-electron chi connectivity index (χ4n) is 2.57. The number of benzene rings is 2. The van der Waals surface area contributed by atoms with E-state index in [9.17, 15) is 4.39 Å². The molecular weight excluding hydrogens is 329 g/mol. The normalized spacial score (nSPS) is 11.4. The van der Waals surface area contributed by atoms with Crippen LogP contribution >= 0.6 is 0 Å². The Balaban J connectivity index is 1.56. The SMILES string of the molecule is CN=C(NCc1ccc(C)cc1)NCc1ccc(-n2ccnc2)c(F)c1. The first-order valence-corrected chi connectivity index (χ1v) is 8.42. The molecule has 0 aliphatic carbocycles. The molecule has 3 aromatic rings. The number of guanidine groups is 1. The van der Waals surface area contributed by atoms with E-state index in [0.29, 0.717) is 24.7 Å². The fraction of sp³-hybridized carbons (Fsp3) is 0.200. The van der Waals surface area contributed by atoms with Gasteiger partial charge in [0.15, 0.2) is 5.96 Å². The first-order chi connectivity index (χ1) is 12.7. The molecule has 0 aliphatic rings. The van der Waals surface area contributed by atoms with Gasteiger partial charge in [-0.15, -0.1) is 0 Å². The Kier molecular flexibility index (Phi) is 5.63. The number of aromatic nitrogens is 2. The summed E-state index contributed by atoms with van der Waals surface area (Å²) >= 11 is 0. The van der Waals surface area contributed by atoms with Crippen LogP contribution < -0.4 is 10.6 Å². The minimum Gasteiger partial charge on any atom is -0.352 e. The van der Waals surface area contributed by atoms with Gasteiger partial charge in [0, 0.05) is 32.5 Å². The van der Waals surface area contributed by atoms with Crippen LogP contribution in [0.2, 0.25) is 0 Å². The van der Waals surface area contributed by atoms with Gasteiger partial charge in [0.1, 0.15) is 5.82 Å². The Morgan fingerprint density at radius 1 is 1.08 bits per heavy atom. The van der Waals surface area contributed by atoms with Crippen molar-refractivity contribution in [3.05, 3.63) is 83.7 Å². The molecule has 0 atom stereocenters. The molecule has 0 amide bonds. The Morgan fingerprint density at radius 3 is 2.38 bits per heavy atom. The van der Waals surface area contributed by atoms with Crippen LogP contribution in [0.1, 0.15) is 16.7 Å². The highest BCUT2D eigenvalue weighted by Crippen LogP contribution is 2.14. The van der Waals surface area contributed by atoms with E-state index in [4.69, 9.17) is 0 Å². The van der Waals surface area contributed by atoms with Crippen LogP contribution in [-0.2, 0) is 13.1 Å². The zero-order chi connectivity index (χ0) is 18.4. The molecule has 134 valence electrons. The van der Waals surface area contributed by atoms with Gasteiger partial charge in [-0.05, 0) is 30.2 Å². The van der Waals surface area contributed by atoms with Crippen molar-refractivity contribution in [1.82, 2.24) is 20.2 Å². The Labute approximate surface area is 152 Å².